The van der Waals surface area contributed by atoms with Crippen molar-refractivity contribution in [3.05, 3.63) is 18.2 Å². The van der Waals surface area contributed by atoms with E-state index in [-0.39, 0.29) is 17.2 Å². The van der Waals surface area contributed by atoms with Crippen molar-refractivity contribution in [2.45, 2.75) is 13.3 Å². The number of benzene rings is 1. The molecule has 0 saturated carbocycles. The van der Waals surface area contributed by atoms with Gasteiger partial charge in [-0.15, -0.1) is 5.75 Å². The van der Waals surface area contributed by atoms with E-state index in [0.29, 0.717) is 6.42 Å². The molecule has 0 spiro atoms. The average molecular weight is 230 g/mol. The first kappa shape index (κ1) is 11.6. The van der Waals surface area contributed by atoms with E-state index in [1.54, 1.807) is 6.92 Å². The minimum atomic E-state index is -3.42. The monoisotopic (exact) mass is 230 g/mol. The van der Waals surface area contributed by atoms with Crippen LogP contribution in [0.1, 0.15) is 13.3 Å². The molecular formula is C9H12NO4S-. The molecule has 0 amide bonds. The van der Waals surface area contributed by atoms with Crippen LogP contribution in [0.5, 0.6) is 11.5 Å². The number of phenolic OH excluding ortho intramolecular Hbond substituents is 1. The molecule has 5 nitrogen and oxygen atoms in total. The highest BCUT2D eigenvalue weighted by Crippen LogP contribution is 2.22. The van der Waals surface area contributed by atoms with Gasteiger partial charge in [-0.1, -0.05) is 6.92 Å². The fourth-order valence-electron chi connectivity index (χ4n) is 1.14. The largest absolute Gasteiger partial charge is 0.872 e. The number of sulfonamides is 1. The number of anilines is 1. The Balaban J connectivity index is 2.90. The van der Waals surface area contributed by atoms with Crippen LogP contribution in [-0.4, -0.2) is 19.3 Å². The van der Waals surface area contributed by atoms with E-state index >= 15 is 0 Å². The lowest BCUT2D eigenvalue weighted by molar-refractivity contribution is -0.268. The summed E-state index contributed by atoms with van der Waals surface area (Å²) in [5.41, 5.74) is 0.0912. The van der Waals surface area contributed by atoms with Crippen molar-refractivity contribution < 1.29 is 18.6 Å². The van der Waals surface area contributed by atoms with Gasteiger partial charge in [0.1, 0.15) is 5.75 Å². The van der Waals surface area contributed by atoms with Crippen LogP contribution < -0.4 is 9.83 Å². The number of hydrogen-bond acceptors (Lipinski definition) is 4. The molecule has 0 bridgehead atoms. The van der Waals surface area contributed by atoms with Gasteiger partial charge in [0.05, 0.1) is 11.4 Å². The molecule has 15 heavy (non-hydrogen) atoms. The molecular weight excluding hydrogens is 218 g/mol. The minimum Gasteiger partial charge on any atom is -0.872 e. The highest BCUT2D eigenvalue weighted by molar-refractivity contribution is 7.92. The zero-order valence-corrected chi connectivity index (χ0v) is 9.04. The lowest BCUT2D eigenvalue weighted by Crippen LogP contribution is -2.16. The summed E-state index contributed by atoms with van der Waals surface area (Å²) in [6, 6.07) is 3.32. The number of nitrogens with one attached hydrogen (secondary N) is 1. The van der Waals surface area contributed by atoms with Crippen molar-refractivity contribution in [1.82, 2.24) is 0 Å². The summed E-state index contributed by atoms with van der Waals surface area (Å²) in [6.07, 6.45) is 0.485. The van der Waals surface area contributed by atoms with Gasteiger partial charge < -0.3 is 10.2 Å². The zero-order valence-electron chi connectivity index (χ0n) is 8.23. The van der Waals surface area contributed by atoms with Gasteiger partial charge in [-0.3, -0.25) is 4.72 Å². The SMILES string of the molecule is CCCS(=O)(=O)Nc1cc([O-])cc(O)c1. The lowest BCUT2D eigenvalue weighted by Gasteiger charge is -2.11. The first-order valence-corrected chi connectivity index (χ1v) is 6.10. The van der Waals surface area contributed by atoms with Crippen molar-refractivity contribution in [2.75, 3.05) is 10.5 Å². The molecule has 1 aromatic rings. The molecule has 0 atom stereocenters. The molecule has 84 valence electrons. The van der Waals surface area contributed by atoms with E-state index in [9.17, 15) is 13.5 Å². The number of phenols is 1. The van der Waals surface area contributed by atoms with Gasteiger partial charge in [0.25, 0.3) is 0 Å². The summed E-state index contributed by atoms with van der Waals surface area (Å²) in [6.45, 7) is 1.74. The molecule has 0 fully saturated rings. The predicted molar refractivity (Wildman–Crippen MR) is 55.3 cm³/mol. The second-order valence-electron chi connectivity index (χ2n) is 3.14. The summed E-state index contributed by atoms with van der Waals surface area (Å²) >= 11 is 0. The van der Waals surface area contributed by atoms with E-state index < -0.39 is 15.8 Å². The second-order valence-corrected chi connectivity index (χ2v) is 4.98. The third-order valence-electron chi connectivity index (χ3n) is 1.64. The van der Waals surface area contributed by atoms with Crippen LogP contribution in [0.15, 0.2) is 18.2 Å². The van der Waals surface area contributed by atoms with Crippen molar-refractivity contribution >= 4 is 15.7 Å². The standard InChI is InChI=1S/C9H13NO4S/c1-2-3-15(13,14)10-7-4-8(11)6-9(12)5-7/h4-6,10-12H,2-3H2,1H3/p-1. The summed E-state index contributed by atoms with van der Waals surface area (Å²) < 4.78 is 24.9. The highest BCUT2D eigenvalue weighted by atomic mass is 32.2. The van der Waals surface area contributed by atoms with Gasteiger partial charge in [0, 0.05) is 6.07 Å². The molecule has 0 aliphatic heterocycles. The maximum Gasteiger partial charge on any atom is 0.232 e. The molecule has 2 N–H and O–H groups in total. The predicted octanol–water partition coefficient (Wildman–Crippen LogP) is 0.617. The minimum absolute atomic E-state index is 0.0170. The highest BCUT2D eigenvalue weighted by Gasteiger charge is 2.08. The molecule has 0 aromatic heterocycles. The number of hydrogen-bond donors (Lipinski definition) is 2. The zero-order chi connectivity index (χ0) is 11.5. The van der Waals surface area contributed by atoms with E-state index in [0.717, 1.165) is 12.1 Å². The van der Waals surface area contributed by atoms with Gasteiger partial charge in [-0.05, 0) is 18.6 Å². The fraction of sp³-hybridized carbons (Fsp3) is 0.333. The van der Waals surface area contributed by atoms with Gasteiger partial charge in [0.2, 0.25) is 10.0 Å². The van der Waals surface area contributed by atoms with E-state index in [1.807, 2.05) is 0 Å². The van der Waals surface area contributed by atoms with Gasteiger partial charge in [-0.25, -0.2) is 8.42 Å². The van der Waals surface area contributed by atoms with Crippen LogP contribution in [0.25, 0.3) is 0 Å². The summed E-state index contributed by atoms with van der Waals surface area (Å²) in [7, 11) is -3.42. The van der Waals surface area contributed by atoms with Crippen molar-refractivity contribution in [1.29, 1.82) is 0 Å². The van der Waals surface area contributed by atoms with E-state index in [4.69, 9.17) is 5.11 Å². The molecule has 0 aliphatic rings. The second kappa shape index (κ2) is 4.39. The Kier molecular flexibility index (Phi) is 3.41. The Morgan fingerprint density at radius 2 is 2.07 bits per heavy atom. The van der Waals surface area contributed by atoms with Gasteiger partial charge >= 0.3 is 0 Å². The topological polar surface area (TPSA) is 89.5 Å². The van der Waals surface area contributed by atoms with Crippen molar-refractivity contribution in [3.8, 4) is 11.5 Å². The van der Waals surface area contributed by atoms with Crippen molar-refractivity contribution in [3.63, 3.8) is 0 Å². The molecule has 1 rings (SSSR count). The number of rotatable bonds is 4. The average Bonchev–Trinajstić information content (AvgIpc) is 1.99. The maximum absolute atomic E-state index is 11.3. The first-order valence-electron chi connectivity index (χ1n) is 4.44. The Morgan fingerprint density at radius 3 is 2.60 bits per heavy atom. The quantitative estimate of drug-likeness (QED) is 0.793. The first-order chi connectivity index (χ1) is 6.93. The van der Waals surface area contributed by atoms with E-state index in [2.05, 4.69) is 4.72 Å². The van der Waals surface area contributed by atoms with Crippen LogP contribution in [0.2, 0.25) is 0 Å². The molecule has 6 heteroatoms. The Morgan fingerprint density at radius 1 is 1.40 bits per heavy atom. The smallest absolute Gasteiger partial charge is 0.232 e. The van der Waals surface area contributed by atoms with Crippen LogP contribution in [0.3, 0.4) is 0 Å². The molecule has 0 heterocycles. The van der Waals surface area contributed by atoms with Crippen molar-refractivity contribution in [2.24, 2.45) is 0 Å². The van der Waals surface area contributed by atoms with Crippen LogP contribution in [0, 0.1) is 0 Å². The summed E-state index contributed by atoms with van der Waals surface area (Å²) in [4.78, 5) is 0. The molecule has 0 saturated heterocycles. The molecule has 0 aliphatic carbocycles. The van der Waals surface area contributed by atoms with Crippen LogP contribution >= 0.6 is 0 Å². The third kappa shape index (κ3) is 3.67. The summed E-state index contributed by atoms with van der Waals surface area (Å²) in [5, 5.41) is 20.0. The van der Waals surface area contributed by atoms with Crippen LogP contribution in [-0.2, 0) is 10.0 Å². The fourth-order valence-corrected chi connectivity index (χ4v) is 2.26. The Hall–Kier alpha value is -1.43. The third-order valence-corrected chi connectivity index (χ3v) is 3.13. The van der Waals surface area contributed by atoms with Crippen LogP contribution in [0.4, 0.5) is 5.69 Å². The molecule has 0 radical (unpaired) electrons. The lowest BCUT2D eigenvalue weighted by atomic mass is 10.3. The normalized spacial score (nSPS) is 11.3. The Labute approximate surface area is 88.4 Å². The molecule has 1 aromatic carbocycles. The number of aromatic hydroxyl groups is 1. The molecule has 0 unspecified atom stereocenters. The van der Waals surface area contributed by atoms with Gasteiger partial charge in [0.15, 0.2) is 0 Å². The van der Waals surface area contributed by atoms with Gasteiger partial charge in [-0.2, -0.15) is 0 Å². The Bertz CT molecular complexity index is 421. The summed E-state index contributed by atoms with van der Waals surface area (Å²) in [5.74, 6) is -0.711. The maximum atomic E-state index is 11.3. The van der Waals surface area contributed by atoms with E-state index in [1.165, 1.54) is 6.07 Å².